The fourth-order valence-electron chi connectivity index (χ4n) is 4.00. The SMILES string of the molecule is C=COC(=O)C1(C)CCCN(C(=O)OC(C)(C)C)C1.CC(C)(C)OC(=O)N1CCCC(C)(C(=O)O)C1.[HH]. The Kier molecular flexibility index (Phi) is 10.4. The van der Waals surface area contributed by atoms with E-state index in [-0.39, 0.29) is 20.0 Å². The van der Waals surface area contributed by atoms with Gasteiger partial charge < -0.3 is 29.1 Å². The molecule has 2 aliphatic heterocycles. The minimum Gasteiger partial charge on any atom is -0.481 e. The van der Waals surface area contributed by atoms with Crippen LogP contribution in [-0.2, 0) is 23.8 Å². The van der Waals surface area contributed by atoms with Crippen LogP contribution in [0.4, 0.5) is 9.59 Å². The summed E-state index contributed by atoms with van der Waals surface area (Å²) in [5, 5.41) is 9.15. The van der Waals surface area contributed by atoms with Crippen LogP contribution in [0.15, 0.2) is 12.8 Å². The van der Waals surface area contributed by atoms with Crippen LogP contribution >= 0.6 is 0 Å². The highest BCUT2D eigenvalue weighted by Gasteiger charge is 2.42. The van der Waals surface area contributed by atoms with Gasteiger partial charge in [0.05, 0.1) is 17.1 Å². The lowest BCUT2D eigenvalue weighted by molar-refractivity contribution is -0.152. The average Bonchev–Trinajstić information content (AvgIpc) is 2.72. The van der Waals surface area contributed by atoms with E-state index >= 15 is 0 Å². The highest BCUT2D eigenvalue weighted by Crippen LogP contribution is 2.32. The number of carboxylic acids is 1. The quantitative estimate of drug-likeness (QED) is 0.315. The minimum absolute atomic E-state index is 0. The first-order valence-electron chi connectivity index (χ1n) is 12.3. The molecule has 2 atom stereocenters. The Balaban J connectivity index is 0.000000686. The smallest absolute Gasteiger partial charge is 0.410 e. The van der Waals surface area contributed by atoms with Gasteiger partial charge in [0.15, 0.2) is 0 Å². The van der Waals surface area contributed by atoms with Crippen LogP contribution in [0.1, 0.15) is 82.5 Å². The average molecular weight is 515 g/mol. The number of rotatable bonds is 3. The van der Waals surface area contributed by atoms with Gasteiger partial charge in [0, 0.05) is 27.6 Å². The molecule has 0 spiro atoms. The summed E-state index contributed by atoms with van der Waals surface area (Å²) in [4.78, 5) is 50.0. The second-order valence-corrected chi connectivity index (χ2v) is 12.0. The van der Waals surface area contributed by atoms with E-state index < -0.39 is 34.1 Å². The van der Waals surface area contributed by atoms with Crippen LogP contribution in [0.5, 0.6) is 0 Å². The Morgan fingerprint density at radius 2 is 1.22 bits per heavy atom. The normalized spacial score (nSPS) is 24.6. The summed E-state index contributed by atoms with van der Waals surface area (Å²) in [6.07, 6.45) is 3.06. The fraction of sp³-hybridized carbons (Fsp3) is 0.769. The number of carbonyl (C=O) groups excluding carboxylic acids is 3. The third kappa shape index (κ3) is 9.70. The van der Waals surface area contributed by atoms with Gasteiger partial charge in [0.2, 0.25) is 0 Å². The summed E-state index contributed by atoms with van der Waals surface area (Å²) in [6, 6.07) is 0. The molecular weight excluding hydrogens is 468 g/mol. The second kappa shape index (κ2) is 12.0. The summed E-state index contributed by atoms with van der Waals surface area (Å²) in [6.45, 7) is 19.4. The van der Waals surface area contributed by atoms with Gasteiger partial charge in [-0.05, 0) is 81.1 Å². The molecule has 1 N–H and O–H groups in total. The second-order valence-electron chi connectivity index (χ2n) is 12.0. The number of ether oxygens (including phenoxy) is 3. The zero-order valence-corrected chi connectivity index (χ0v) is 23.1. The molecule has 208 valence electrons. The highest BCUT2D eigenvalue weighted by molar-refractivity contribution is 5.79. The van der Waals surface area contributed by atoms with Crippen molar-refractivity contribution >= 4 is 24.1 Å². The van der Waals surface area contributed by atoms with E-state index in [4.69, 9.17) is 19.3 Å². The van der Waals surface area contributed by atoms with Crippen LogP contribution in [0, 0.1) is 10.8 Å². The van der Waals surface area contributed by atoms with Gasteiger partial charge >= 0.3 is 24.1 Å². The maximum atomic E-state index is 12.0. The molecule has 0 aliphatic carbocycles. The molecule has 2 saturated heterocycles. The third-order valence-electron chi connectivity index (χ3n) is 5.90. The largest absolute Gasteiger partial charge is 0.481 e. The molecule has 36 heavy (non-hydrogen) atoms. The molecule has 10 heteroatoms. The number of nitrogens with zero attached hydrogens (tertiary/aromatic N) is 2. The molecule has 2 heterocycles. The van der Waals surface area contributed by atoms with Crippen molar-refractivity contribution in [3.05, 3.63) is 12.8 Å². The van der Waals surface area contributed by atoms with E-state index in [1.807, 2.05) is 20.8 Å². The molecule has 0 aromatic heterocycles. The number of hydrogen-bond acceptors (Lipinski definition) is 7. The Morgan fingerprint density at radius 1 is 0.833 bits per heavy atom. The lowest BCUT2D eigenvalue weighted by Crippen LogP contribution is -2.50. The molecule has 2 aliphatic rings. The molecule has 0 saturated carbocycles. The zero-order chi connectivity index (χ0) is 27.9. The highest BCUT2D eigenvalue weighted by atomic mass is 16.6. The van der Waals surface area contributed by atoms with Crippen molar-refractivity contribution in [1.82, 2.24) is 9.80 Å². The maximum Gasteiger partial charge on any atom is 0.410 e. The van der Waals surface area contributed by atoms with Crippen molar-refractivity contribution < 1.29 is 39.9 Å². The van der Waals surface area contributed by atoms with Crippen molar-refractivity contribution in [2.24, 2.45) is 10.8 Å². The van der Waals surface area contributed by atoms with Crippen LogP contribution in [-0.4, -0.2) is 76.4 Å². The van der Waals surface area contributed by atoms with Gasteiger partial charge in [-0.25, -0.2) is 9.59 Å². The van der Waals surface area contributed by atoms with Gasteiger partial charge in [-0.1, -0.05) is 6.58 Å². The van der Waals surface area contributed by atoms with Gasteiger partial charge in [0.25, 0.3) is 0 Å². The minimum atomic E-state index is -0.856. The van der Waals surface area contributed by atoms with Gasteiger partial charge in [-0.2, -0.15) is 0 Å². The predicted octanol–water partition coefficient (Wildman–Crippen LogP) is 5.06. The first kappa shape index (κ1) is 31.3. The number of hydrogen-bond donors (Lipinski definition) is 1. The molecule has 0 aromatic rings. The van der Waals surface area contributed by atoms with Crippen LogP contribution < -0.4 is 0 Å². The molecule has 10 nitrogen and oxygen atoms in total. The van der Waals surface area contributed by atoms with Crippen molar-refractivity contribution in [3.63, 3.8) is 0 Å². The summed E-state index contributed by atoms with van der Waals surface area (Å²) in [5.74, 6) is -1.21. The summed E-state index contributed by atoms with van der Waals surface area (Å²) >= 11 is 0. The van der Waals surface area contributed by atoms with Crippen LogP contribution in [0.3, 0.4) is 0 Å². The Hall–Kier alpha value is -2.78. The number of carboxylic acid groups (broad SMARTS) is 1. The Labute approximate surface area is 216 Å². The lowest BCUT2D eigenvalue weighted by atomic mass is 9.82. The molecule has 2 fully saturated rings. The molecule has 2 rings (SSSR count). The summed E-state index contributed by atoms with van der Waals surface area (Å²) in [7, 11) is 0. The summed E-state index contributed by atoms with van der Waals surface area (Å²) in [5.41, 5.74) is -2.63. The first-order valence-corrected chi connectivity index (χ1v) is 12.3. The van der Waals surface area contributed by atoms with E-state index in [2.05, 4.69) is 6.58 Å². The lowest BCUT2D eigenvalue weighted by Gasteiger charge is -2.38. The Morgan fingerprint density at radius 3 is 1.58 bits per heavy atom. The van der Waals surface area contributed by atoms with Gasteiger partial charge in [0.1, 0.15) is 11.2 Å². The molecule has 2 amide bonds. The zero-order valence-electron chi connectivity index (χ0n) is 23.1. The predicted molar refractivity (Wildman–Crippen MR) is 136 cm³/mol. The van der Waals surface area contributed by atoms with Gasteiger partial charge in [-0.3, -0.25) is 9.59 Å². The first-order chi connectivity index (χ1) is 16.3. The van der Waals surface area contributed by atoms with E-state index in [9.17, 15) is 19.2 Å². The molecule has 0 bridgehead atoms. The number of likely N-dealkylation sites (tertiary alicyclic amines) is 2. The number of carbonyl (C=O) groups is 4. The van der Waals surface area contributed by atoms with E-state index in [1.165, 1.54) is 4.90 Å². The number of piperidine rings is 2. The van der Waals surface area contributed by atoms with Gasteiger partial charge in [-0.15, -0.1) is 0 Å². The molecule has 2 unspecified atom stereocenters. The molecule has 0 aromatic carbocycles. The van der Waals surface area contributed by atoms with Crippen molar-refractivity contribution in [3.8, 4) is 0 Å². The van der Waals surface area contributed by atoms with Crippen LogP contribution in [0.25, 0.3) is 0 Å². The maximum absolute atomic E-state index is 12.0. The number of aliphatic carboxylic acids is 1. The summed E-state index contributed by atoms with van der Waals surface area (Å²) < 4.78 is 15.4. The van der Waals surface area contributed by atoms with E-state index in [0.29, 0.717) is 38.9 Å². The third-order valence-corrected chi connectivity index (χ3v) is 5.90. The fourth-order valence-corrected chi connectivity index (χ4v) is 4.00. The standard InChI is InChI=1S/C14H23NO4.C12H21NO4.H2/c1-6-18-11(16)14(5)8-7-9-15(10-14)12(17)19-13(2,3)4;1-11(2,3)17-10(16)13-7-5-6-12(4,8-13)9(14)15;/h6H,1,7-10H2,2-5H3;5-8H2,1-4H3,(H,14,15);1H. The van der Waals surface area contributed by atoms with E-state index in [1.54, 1.807) is 39.5 Å². The van der Waals surface area contributed by atoms with Crippen LogP contribution in [0.2, 0.25) is 0 Å². The molecular formula is C26H46N2O8. The topological polar surface area (TPSA) is 123 Å². The monoisotopic (exact) mass is 514 g/mol. The van der Waals surface area contributed by atoms with Crippen molar-refractivity contribution in [2.75, 3.05) is 26.2 Å². The number of esters is 1. The Bertz CT molecular complexity index is 835. The van der Waals surface area contributed by atoms with E-state index in [0.717, 1.165) is 12.7 Å². The molecule has 0 radical (unpaired) electrons. The van der Waals surface area contributed by atoms with Crippen molar-refractivity contribution in [2.45, 2.75) is 92.3 Å². The number of amides is 2. The van der Waals surface area contributed by atoms with Crippen molar-refractivity contribution in [1.29, 1.82) is 0 Å².